The number of tetrazole rings is 3. The van der Waals surface area contributed by atoms with Crippen molar-refractivity contribution in [3.8, 4) is 0 Å². The first kappa shape index (κ1) is 66.5. The quantitative estimate of drug-likeness (QED) is 0.135. The monoisotopic (exact) mass is 955 g/mol. The molecule has 0 spiro atoms. The van der Waals surface area contributed by atoms with E-state index in [1.165, 1.54) is 17.6 Å². The van der Waals surface area contributed by atoms with Gasteiger partial charge in [-0.15, -0.1) is 25.5 Å². The summed E-state index contributed by atoms with van der Waals surface area (Å²) in [5.41, 5.74) is -0.354. The van der Waals surface area contributed by atoms with Gasteiger partial charge < -0.3 is 25.2 Å². The summed E-state index contributed by atoms with van der Waals surface area (Å²) in [6, 6.07) is 0. The van der Waals surface area contributed by atoms with E-state index >= 15 is 0 Å². The van der Waals surface area contributed by atoms with E-state index in [1.807, 2.05) is 90.0 Å². The molecule has 372 valence electrons. The van der Waals surface area contributed by atoms with Gasteiger partial charge in [0.1, 0.15) is 12.3 Å². The fraction of sp³-hybridized carbons (Fsp3) is 0.842. The molecule has 23 nitrogen and oxygen atoms in total. The van der Waals surface area contributed by atoms with Crippen molar-refractivity contribution in [2.75, 3.05) is 12.9 Å². The highest BCUT2D eigenvalue weighted by atomic mass is 32.2. The topological polar surface area (TPSA) is 345 Å². The van der Waals surface area contributed by atoms with Crippen LogP contribution in [0.4, 0.5) is 0 Å². The minimum atomic E-state index is -2.85. The Balaban J connectivity index is -0.000000333. The molecule has 0 fully saturated rings. The fourth-order valence-electron chi connectivity index (χ4n) is 2.61. The molecule has 0 aliphatic rings. The van der Waals surface area contributed by atoms with Crippen LogP contribution in [0.2, 0.25) is 6.32 Å². The largest absolute Gasteiger partial charge is 0.480 e. The molecule has 0 bridgehead atoms. The molecule has 3 aromatic heterocycles. The Bertz CT molecular complexity index is 1930. The van der Waals surface area contributed by atoms with Crippen LogP contribution in [0.1, 0.15) is 168 Å². The molecule has 3 heterocycles. The first-order chi connectivity index (χ1) is 28.2. The third-order valence-electron chi connectivity index (χ3n) is 7.84. The third kappa shape index (κ3) is 35.3. The minimum absolute atomic E-state index is 0.0220. The number of hydrogen-bond acceptors (Lipinski definition) is 17. The molecule has 64 heavy (non-hydrogen) atoms. The van der Waals surface area contributed by atoms with E-state index in [0.29, 0.717) is 23.9 Å². The maximum Gasteiger partial charge on any atom is 0.451 e. The highest BCUT2D eigenvalue weighted by molar-refractivity contribution is 7.92. The van der Waals surface area contributed by atoms with E-state index in [0.717, 1.165) is 10.6 Å². The number of nitrogens with one attached hydrogen (secondary N) is 1. The number of rotatable bonds is 7. The van der Waals surface area contributed by atoms with Crippen molar-refractivity contribution in [3.63, 3.8) is 0 Å². The zero-order valence-electron chi connectivity index (χ0n) is 42.3. The van der Waals surface area contributed by atoms with Gasteiger partial charge >= 0.3 is 19.1 Å². The van der Waals surface area contributed by atoms with Crippen molar-refractivity contribution in [2.24, 2.45) is 10.8 Å². The van der Waals surface area contributed by atoms with Gasteiger partial charge in [0.25, 0.3) is 0 Å². The normalized spacial score (nSPS) is 12.6. The Hall–Kier alpha value is -4.06. The molecular weight excluding hydrogens is 874 g/mol. The van der Waals surface area contributed by atoms with Crippen molar-refractivity contribution >= 4 is 42.0 Å². The molecule has 26 heteroatoms. The van der Waals surface area contributed by atoms with E-state index in [2.05, 4.69) is 51.6 Å². The highest BCUT2D eigenvalue weighted by Gasteiger charge is 2.28. The van der Waals surface area contributed by atoms with Crippen LogP contribution in [0, 0.1) is 10.8 Å². The molecule has 0 aliphatic carbocycles. The van der Waals surface area contributed by atoms with Crippen molar-refractivity contribution in [2.45, 2.75) is 185 Å². The van der Waals surface area contributed by atoms with Gasteiger partial charge in [0, 0.05) is 40.7 Å². The second-order valence-corrected chi connectivity index (χ2v) is 26.3. The third-order valence-corrected chi connectivity index (χ3v) is 12.5. The summed E-state index contributed by atoms with van der Waals surface area (Å²) in [7, 11) is -6.85. The standard InChI is InChI=1S/C7H12N4O2.C6H10N4O2.C6H12O.C5H13BO2.C5H13O2P.C5H12O2S.C4H8N4/c1-7(2,3)6-8-9-10-11(6)4-5(12)13;1-4(2)6-7-9-10(8-6)3-5(11)12;1-5(7)6(2,3)4;1-5(2,3)4-6(7)8;2*1-5(2,3)8(4,6)7;1-3(2)4-5-7-8-6-4/h4H2,1-3H3,(H,12,13);4H,3H2,1-2H3,(H,11,12);1-4H3;7-8H,4H2,1-3H3;1-4H3,(H,6,7);1-4H3;3H,1-2H3,(H,5,6,7,8). The van der Waals surface area contributed by atoms with Crippen molar-refractivity contribution in [3.05, 3.63) is 17.5 Å². The summed E-state index contributed by atoms with van der Waals surface area (Å²) >= 11 is 0. The van der Waals surface area contributed by atoms with Crippen LogP contribution >= 0.6 is 7.37 Å². The number of aromatic amines is 1. The van der Waals surface area contributed by atoms with Crippen LogP contribution in [0.15, 0.2) is 0 Å². The molecule has 6 N–H and O–H groups in total. The van der Waals surface area contributed by atoms with Crippen molar-refractivity contribution in [1.82, 2.24) is 61.0 Å². The molecule has 0 saturated heterocycles. The lowest BCUT2D eigenvalue weighted by Crippen LogP contribution is -2.26. The van der Waals surface area contributed by atoms with Crippen molar-refractivity contribution < 1.29 is 52.5 Å². The van der Waals surface area contributed by atoms with Crippen LogP contribution in [0.25, 0.3) is 0 Å². The number of sulfone groups is 1. The average Bonchev–Trinajstić information content (AvgIpc) is 3.82. The van der Waals surface area contributed by atoms with Gasteiger partial charge in [-0.1, -0.05) is 116 Å². The Morgan fingerprint density at radius 3 is 1.38 bits per heavy atom. The second-order valence-electron chi connectivity index (χ2n) is 20.4. The molecule has 0 radical (unpaired) electrons. The zero-order chi connectivity index (χ0) is 52.0. The van der Waals surface area contributed by atoms with Crippen LogP contribution in [0.5, 0.6) is 0 Å². The number of nitrogens with zero attached hydrogens (tertiary/aromatic N) is 11. The number of carbonyl (C=O) groups excluding carboxylic acids is 1. The number of carbonyl (C=O) groups is 3. The van der Waals surface area contributed by atoms with E-state index in [9.17, 15) is 27.4 Å². The molecule has 1 atom stereocenters. The van der Waals surface area contributed by atoms with Gasteiger partial charge in [0.05, 0.1) is 4.75 Å². The Morgan fingerprint density at radius 1 is 0.766 bits per heavy atom. The highest BCUT2D eigenvalue weighted by Crippen LogP contribution is 2.49. The number of aliphatic carboxylic acids is 2. The number of carboxylic acid groups (broad SMARTS) is 2. The van der Waals surface area contributed by atoms with E-state index in [4.69, 9.17) is 25.2 Å². The van der Waals surface area contributed by atoms with Gasteiger partial charge in [0.2, 0.25) is 7.37 Å². The van der Waals surface area contributed by atoms with E-state index in [1.54, 1.807) is 48.5 Å². The number of Topliss-reactive ketones (excluding diaryl/α,β-unsaturated/α-hetero) is 1. The van der Waals surface area contributed by atoms with Crippen LogP contribution in [0.3, 0.4) is 0 Å². The van der Waals surface area contributed by atoms with Crippen LogP contribution < -0.4 is 0 Å². The van der Waals surface area contributed by atoms with Gasteiger partial charge in [0.15, 0.2) is 33.9 Å². The number of aromatic nitrogens is 12. The molecule has 0 saturated carbocycles. The smallest absolute Gasteiger partial charge is 0.451 e. The predicted octanol–water partition coefficient (Wildman–Crippen LogP) is 4.90. The van der Waals surface area contributed by atoms with Gasteiger partial charge in [-0.05, 0) is 55.1 Å². The predicted molar refractivity (Wildman–Crippen MR) is 247 cm³/mol. The lowest BCUT2D eigenvalue weighted by Gasteiger charge is -2.21. The second kappa shape index (κ2) is 28.1. The lowest BCUT2D eigenvalue weighted by molar-refractivity contribution is -0.139. The number of ketones is 1. The first-order valence-corrected chi connectivity index (χ1v) is 24.3. The summed E-state index contributed by atoms with van der Waals surface area (Å²) in [5.74, 6) is 0.783. The fourth-order valence-corrected chi connectivity index (χ4v) is 2.61. The summed E-state index contributed by atoms with van der Waals surface area (Å²) in [4.78, 5) is 41.1. The molecule has 1 unspecified atom stereocenters. The summed E-state index contributed by atoms with van der Waals surface area (Å²) in [6.07, 6.45) is 1.68. The molecular formula is C38H80BN12O11PS. The molecule has 3 aromatic rings. The lowest BCUT2D eigenvalue weighted by atomic mass is 9.72. The van der Waals surface area contributed by atoms with Crippen LogP contribution in [-0.2, 0) is 47.3 Å². The van der Waals surface area contributed by atoms with Gasteiger partial charge in [-0.3, -0.25) is 18.9 Å². The molecule has 0 aliphatic heterocycles. The Labute approximate surface area is 380 Å². The Kier molecular flexibility index (Phi) is 29.2. The number of carboxylic acids is 2. The zero-order valence-corrected chi connectivity index (χ0v) is 44.0. The molecule has 0 amide bonds. The summed E-state index contributed by atoms with van der Waals surface area (Å²) in [6.45, 7) is 38.2. The average molecular weight is 955 g/mol. The summed E-state index contributed by atoms with van der Waals surface area (Å²) in [5, 5.41) is 68.6. The SMILES string of the molecule is CC(=O)C(C)(C)C.CC(C)(C)CB(O)O.CC(C)(C)P(C)(=O)O.CC(C)(C)S(C)(=O)=O.CC(C)(C)c1nnnn1CC(=O)O.CC(C)c1nn[nH]n1.CC(C)c1nnn(CC(=O)O)n1. The van der Waals surface area contributed by atoms with E-state index in [-0.39, 0.29) is 41.0 Å². The number of H-pyrrole nitrogens is 1. The first-order valence-electron chi connectivity index (χ1n) is 20.3. The van der Waals surface area contributed by atoms with E-state index < -0.39 is 46.2 Å². The van der Waals surface area contributed by atoms with Crippen molar-refractivity contribution in [1.29, 1.82) is 0 Å². The minimum Gasteiger partial charge on any atom is -0.480 e. The maximum atomic E-state index is 10.8. The summed E-state index contributed by atoms with van der Waals surface area (Å²) < 4.78 is 32.8. The van der Waals surface area contributed by atoms with Crippen LogP contribution in [-0.4, -0.2) is 142 Å². The number of hydrogen-bond donors (Lipinski definition) is 6. The maximum absolute atomic E-state index is 10.8. The molecule has 0 aromatic carbocycles. The molecule has 3 rings (SSSR count). The van der Waals surface area contributed by atoms with Gasteiger partial charge in [-0.25, -0.2) is 13.1 Å². The Morgan fingerprint density at radius 2 is 1.17 bits per heavy atom. The van der Waals surface area contributed by atoms with Gasteiger partial charge in [-0.2, -0.15) is 10.0 Å².